The molecule has 1 saturated heterocycles. The lowest BCUT2D eigenvalue weighted by atomic mass is 9.57. The number of carbonyl (C=O) groups excluding carboxylic acids is 1. The molecule has 1 heterocycles. The SMILES string of the molecule is CC(C)(C)OC(=O)N1CCC2(CC1)CC(C(N)=NO)C2. The van der Waals surface area contributed by atoms with Crippen LogP contribution in [0, 0.1) is 11.3 Å². The van der Waals surface area contributed by atoms with Crippen LogP contribution in [0.3, 0.4) is 0 Å². The average molecular weight is 283 g/mol. The number of hydrogen-bond acceptors (Lipinski definition) is 4. The summed E-state index contributed by atoms with van der Waals surface area (Å²) in [6.07, 6.45) is 3.65. The van der Waals surface area contributed by atoms with Crippen LogP contribution in [-0.4, -0.2) is 40.7 Å². The van der Waals surface area contributed by atoms with Crippen LogP contribution < -0.4 is 5.73 Å². The molecule has 2 rings (SSSR count). The molecule has 114 valence electrons. The standard InChI is InChI=1S/C14H25N3O3/c1-13(2,3)20-12(18)17-6-4-14(5-7-17)8-10(9-14)11(15)16-19/h10,19H,4-9H2,1-3H3,(H2,15,16). The van der Waals surface area contributed by atoms with Crippen LogP contribution >= 0.6 is 0 Å². The highest BCUT2D eigenvalue weighted by atomic mass is 16.6. The Morgan fingerprint density at radius 1 is 1.35 bits per heavy atom. The normalized spacial score (nSPS) is 23.6. The van der Waals surface area contributed by atoms with Crippen LogP contribution in [0.1, 0.15) is 46.5 Å². The first-order valence-corrected chi connectivity index (χ1v) is 7.20. The van der Waals surface area contributed by atoms with Crippen molar-refractivity contribution < 1.29 is 14.7 Å². The molecule has 0 atom stereocenters. The van der Waals surface area contributed by atoms with Crippen LogP contribution in [0.2, 0.25) is 0 Å². The van der Waals surface area contributed by atoms with E-state index in [0.29, 0.717) is 5.84 Å². The van der Waals surface area contributed by atoms with Crippen molar-refractivity contribution in [1.82, 2.24) is 4.90 Å². The van der Waals surface area contributed by atoms with Crippen LogP contribution in [0.15, 0.2) is 5.16 Å². The second kappa shape index (κ2) is 5.14. The van der Waals surface area contributed by atoms with Gasteiger partial charge in [-0.2, -0.15) is 0 Å². The number of nitrogens with two attached hydrogens (primary N) is 1. The summed E-state index contributed by atoms with van der Waals surface area (Å²) in [6.45, 7) is 7.10. The van der Waals surface area contributed by atoms with Gasteiger partial charge in [-0.1, -0.05) is 5.16 Å². The highest BCUT2D eigenvalue weighted by Crippen LogP contribution is 2.52. The van der Waals surface area contributed by atoms with E-state index in [4.69, 9.17) is 15.7 Å². The largest absolute Gasteiger partial charge is 0.444 e. The van der Waals surface area contributed by atoms with Crippen LogP contribution in [0.4, 0.5) is 4.79 Å². The predicted molar refractivity (Wildman–Crippen MR) is 75.6 cm³/mol. The summed E-state index contributed by atoms with van der Waals surface area (Å²) in [6, 6.07) is 0. The molecular weight excluding hydrogens is 258 g/mol. The number of piperidine rings is 1. The summed E-state index contributed by atoms with van der Waals surface area (Å²) < 4.78 is 5.39. The maximum absolute atomic E-state index is 12.0. The molecule has 1 aliphatic heterocycles. The van der Waals surface area contributed by atoms with Crippen LogP contribution in [-0.2, 0) is 4.74 Å². The third-order valence-corrected chi connectivity index (χ3v) is 4.37. The Bertz CT molecular complexity index is 398. The van der Waals surface area contributed by atoms with E-state index in [1.165, 1.54) is 0 Å². The minimum Gasteiger partial charge on any atom is -0.444 e. The van der Waals surface area contributed by atoms with Crippen LogP contribution in [0.25, 0.3) is 0 Å². The van der Waals surface area contributed by atoms with Crippen LogP contribution in [0.5, 0.6) is 0 Å². The van der Waals surface area contributed by atoms with E-state index in [1.807, 2.05) is 20.8 Å². The molecule has 6 nitrogen and oxygen atoms in total. The van der Waals surface area contributed by atoms with E-state index >= 15 is 0 Å². The molecule has 2 fully saturated rings. The zero-order chi connectivity index (χ0) is 15.0. The fourth-order valence-corrected chi connectivity index (χ4v) is 3.17. The van der Waals surface area contributed by atoms with Gasteiger partial charge in [0, 0.05) is 19.0 Å². The third-order valence-electron chi connectivity index (χ3n) is 4.37. The van der Waals surface area contributed by atoms with Gasteiger partial charge in [0.15, 0.2) is 0 Å². The van der Waals surface area contributed by atoms with Gasteiger partial charge in [-0.15, -0.1) is 0 Å². The minimum atomic E-state index is -0.445. The molecule has 0 radical (unpaired) electrons. The molecular formula is C14H25N3O3. The Morgan fingerprint density at radius 2 is 1.90 bits per heavy atom. The smallest absolute Gasteiger partial charge is 0.410 e. The number of ether oxygens (including phenoxy) is 1. The van der Waals surface area contributed by atoms with Gasteiger partial charge in [0.05, 0.1) is 0 Å². The Hall–Kier alpha value is -1.46. The van der Waals surface area contributed by atoms with Crippen molar-refractivity contribution in [3.8, 4) is 0 Å². The lowest BCUT2D eigenvalue weighted by molar-refractivity contribution is -0.0147. The molecule has 0 bridgehead atoms. The summed E-state index contributed by atoms with van der Waals surface area (Å²) >= 11 is 0. The molecule has 1 aliphatic carbocycles. The zero-order valence-corrected chi connectivity index (χ0v) is 12.6. The third kappa shape index (κ3) is 3.16. The second-order valence-corrected chi connectivity index (χ2v) is 7.10. The molecule has 1 amide bonds. The summed E-state index contributed by atoms with van der Waals surface area (Å²) in [7, 11) is 0. The Balaban J connectivity index is 1.81. The van der Waals surface area contributed by atoms with Gasteiger partial charge in [0.1, 0.15) is 11.4 Å². The minimum absolute atomic E-state index is 0.202. The number of carbonyl (C=O) groups is 1. The second-order valence-electron chi connectivity index (χ2n) is 7.10. The van der Waals surface area contributed by atoms with E-state index in [-0.39, 0.29) is 17.4 Å². The van der Waals surface area contributed by atoms with E-state index in [9.17, 15) is 4.79 Å². The molecule has 20 heavy (non-hydrogen) atoms. The summed E-state index contributed by atoms with van der Waals surface area (Å²) in [4.78, 5) is 13.8. The van der Waals surface area contributed by atoms with Crippen molar-refractivity contribution in [3.05, 3.63) is 0 Å². The van der Waals surface area contributed by atoms with E-state index < -0.39 is 5.60 Å². The molecule has 0 unspecified atom stereocenters. The Morgan fingerprint density at radius 3 is 2.35 bits per heavy atom. The number of hydrogen-bond donors (Lipinski definition) is 2. The number of rotatable bonds is 1. The quantitative estimate of drug-likeness (QED) is 0.334. The molecule has 0 aromatic carbocycles. The van der Waals surface area contributed by atoms with E-state index in [0.717, 1.165) is 38.8 Å². The summed E-state index contributed by atoms with van der Waals surface area (Å²) in [5, 5.41) is 11.8. The Labute approximate surface area is 119 Å². The van der Waals surface area contributed by atoms with Gasteiger partial charge in [0.2, 0.25) is 0 Å². The number of nitrogens with zero attached hydrogens (tertiary/aromatic N) is 2. The topological polar surface area (TPSA) is 88.2 Å². The lowest BCUT2D eigenvalue weighted by Gasteiger charge is -2.51. The molecule has 0 aromatic rings. The molecule has 6 heteroatoms. The first kappa shape index (κ1) is 14.9. The summed E-state index contributed by atoms with van der Waals surface area (Å²) in [5.41, 5.74) is 5.46. The predicted octanol–water partition coefficient (Wildman–Crippen LogP) is 2.16. The maximum atomic E-state index is 12.0. The van der Waals surface area contributed by atoms with Gasteiger partial charge >= 0.3 is 6.09 Å². The van der Waals surface area contributed by atoms with Crippen molar-refractivity contribution in [1.29, 1.82) is 0 Å². The van der Waals surface area contributed by atoms with Gasteiger partial charge in [-0.3, -0.25) is 0 Å². The van der Waals surface area contributed by atoms with Crippen molar-refractivity contribution in [2.75, 3.05) is 13.1 Å². The first-order valence-electron chi connectivity index (χ1n) is 7.20. The van der Waals surface area contributed by atoms with Crippen molar-refractivity contribution >= 4 is 11.9 Å². The highest BCUT2D eigenvalue weighted by Gasteiger charge is 2.48. The zero-order valence-electron chi connectivity index (χ0n) is 12.6. The van der Waals surface area contributed by atoms with E-state index in [1.54, 1.807) is 4.90 Å². The van der Waals surface area contributed by atoms with Gasteiger partial charge < -0.3 is 20.6 Å². The lowest BCUT2D eigenvalue weighted by Crippen LogP contribution is -2.52. The maximum Gasteiger partial charge on any atom is 0.410 e. The molecule has 0 aromatic heterocycles. The average Bonchev–Trinajstić information content (AvgIpc) is 2.33. The Kier molecular flexibility index (Phi) is 3.84. The van der Waals surface area contributed by atoms with Crippen molar-refractivity contribution in [2.24, 2.45) is 22.2 Å². The molecule has 2 aliphatic rings. The van der Waals surface area contributed by atoms with Crippen molar-refractivity contribution in [2.45, 2.75) is 52.1 Å². The monoisotopic (exact) mass is 283 g/mol. The molecule has 1 saturated carbocycles. The number of amides is 1. The summed E-state index contributed by atoms with van der Waals surface area (Å²) in [5.74, 6) is 0.540. The molecule has 1 spiro atoms. The first-order chi connectivity index (χ1) is 9.25. The molecule has 3 N–H and O–H groups in total. The number of likely N-dealkylation sites (tertiary alicyclic amines) is 1. The number of oxime groups is 1. The fourth-order valence-electron chi connectivity index (χ4n) is 3.17. The van der Waals surface area contributed by atoms with Crippen molar-refractivity contribution in [3.63, 3.8) is 0 Å². The van der Waals surface area contributed by atoms with E-state index in [2.05, 4.69) is 5.16 Å². The highest BCUT2D eigenvalue weighted by molar-refractivity contribution is 5.83. The van der Waals surface area contributed by atoms with Gasteiger partial charge in [0.25, 0.3) is 0 Å². The van der Waals surface area contributed by atoms with Gasteiger partial charge in [-0.05, 0) is 51.9 Å². The number of amidine groups is 1. The fraction of sp³-hybridized carbons (Fsp3) is 0.857. The van der Waals surface area contributed by atoms with Gasteiger partial charge in [-0.25, -0.2) is 4.79 Å².